The Morgan fingerprint density at radius 2 is 1.43 bits per heavy atom. The van der Waals surface area contributed by atoms with Crippen molar-refractivity contribution in [3.63, 3.8) is 0 Å². The number of nitrogens with one attached hydrogen (secondary N) is 1. The Balaban J connectivity index is 1.81. The monoisotopic (exact) mass is 439 g/mol. The molecule has 1 aromatic heterocycles. The third-order valence-corrected chi connectivity index (χ3v) is 5.17. The van der Waals surface area contributed by atoms with Gasteiger partial charge in [-0.15, -0.1) is 13.2 Å². The van der Waals surface area contributed by atoms with Gasteiger partial charge in [0.2, 0.25) is 0 Å². The first-order chi connectivity index (χ1) is 14.0. The number of hydrogen-bond donors (Lipinski definition) is 1. The van der Waals surface area contributed by atoms with Crippen LogP contribution in [0.4, 0.5) is 18.9 Å². The van der Waals surface area contributed by atoms with Crippen molar-refractivity contribution in [3.05, 3.63) is 66.0 Å². The van der Waals surface area contributed by atoms with Gasteiger partial charge in [0.15, 0.2) is 0 Å². The molecule has 0 unspecified atom stereocenters. The molecular weight excluding hydrogens is 423 g/mol. The van der Waals surface area contributed by atoms with Gasteiger partial charge >= 0.3 is 12.4 Å². The summed E-state index contributed by atoms with van der Waals surface area (Å²) in [5.74, 6) is -0.00893. The highest BCUT2D eigenvalue weighted by Crippen LogP contribution is 2.27. The molecule has 7 nitrogen and oxygen atoms in total. The molecule has 0 bridgehead atoms. The molecule has 0 fully saturated rings. The van der Waals surface area contributed by atoms with E-state index >= 15 is 0 Å². The van der Waals surface area contributed by atoms with E-state index in [1.807, 2.05) is 6.07 Å². The summed E-state index contributed by atoms with van der Waals surface area (Å²) in [4.78, 5) is 8.06. The normalized spacial score (nSPS) is 11.8. The lowest BCUT2D eigenvalue weighted by atomic mass is 10.3. The Morgan fingerprint density at radius 1 is 0.867 bits per heavy atom. The molecule has 0 spiro atoms. The lowest BCUT2D eigenvalue weighted by Gasteiger charge is -2.14. The summed E-state index contributed by atoms with van der Waals surface area (Å²) in [5.41, 5.74) is 0.772. The predicted molar refractivity (Wildman–Crippen MR) is 102 cm³/mol. The van der Waals surface area contributed by atoms with Crippen LogP contribution in [0.25, 0.3) is 0 Å². The zero-order chi connectivity index (χ0) is 21.9. The molecule has 0 radical (unpaired) electrons. The van der Waals surface area contributed by atoms with E-state index in [2.05, 4.69) is 19.4 Å². The van der Waals surface area contributed by atoms with Crippen LogP contribution in [-0.2, 0) is 10.0 Å². The molecule has 1 heterocycles. The molecular formula is C19H16F3N3O4S. The lowest BCUT2D eigenvalue weighted by Crippen LogP contribution is -2.18. The summed E-state index contributed by atoms with van der Waals surface area (Å²) >= 11 is 0. The first-order valence-corrected chi connectivity index (χ1v) is 9.98. The second-order valence-corrected chi connectivity index (χ2v) is 7.77. The molecule has 2 aromatic carbocycles. The fourth-order valence-corrected chi connectivity index (χ4v) is 3.66. The van der Waals surface area contributed by atoms with Gasteiger partial charge in [-0.3, -0.25) is 4.72 Å². The Kier molecular flexibility index (Phi) is 5.83. The van der Waals surface area contributed by atoms with Crippen LogP contribution in [0.3, 0.4) is 0 Å². The van der Waals surface area contributed by atoms with Gasteiger partial charge in [-0.05, 0) is 50.2 Å². The molecule has 30 heavy (non-hydrogen) atoms. The molecule has 0 aliphatic carbocycles. The fourth-order valence-electron chi connectivity index (χ4n) is 2.49. The predicted octanol–water partition coefficient (Wildman–Crippen LogP) is 4.59. The number of aryl methyl sites for hydroxylation is 2. The van der Waals surface area contributed by atoms with Crippen molar-refractivity contribution in [2.24, 2.45) is 0 Å². The third kappa shape index (κ3) is 5.38. The van der Waals surface area contributed by atoms with Crippen LogP contribution < -0.4 is 14.2 Å². The van der Waals surface area contributed by atoms with Crippen LogP contribution in [0.1, 0.15) is 11.4 Å². The van der Waals surface area contributed by atoms with Gasteiger partial charge in [-0.25, -0.2) is 8.42 Å². The van der Waals surface area contributed by atoms with E-state index in [0.717, 1.165) is 24.3 Å². The molecule has 11 heteroatoms. The summed E-state index contributed by atoms with van der Waals surface area (Å²) in [6, 6.07) is 12.7. The van der Waals surface area contributed by atoms with Gasteiger partial charge in [0.25, 0.3) is 10.0 Å². The molecule has 0 amide bonds. The first kappa shape index (κ1) is 21.4. The van der Waals surface area contributed by atoms with Crippen LogP contribution in [0.2, 0.25) is 0 Å². The number of ether oxygens (including phenoxy) is 2. The highest BCUT2D eigenvalue weighted by atomic mass is 32.2. The van der Waals surface area contributed by atoms with Crippen molar-refractivity contribution >= 4 is 15.7 Å². The van der Waals surface area contributed by atoms with E-state index < -0.39 is 22.1 Å². The van der Waals surface area contributed by atoms with E-state index in [1.54, 1.807) is 38.1 Å². The molecule has 3 rings (SSSR count). The van der Waals surface area contributed by atoms with Gasteiger partial charge in [-0.1, -0.05) is 18.2 Å². The average Bonchev–Trinajstić information content (AvgIpc) is 2.65. The summed E-state index contributed by atoms with van der Waals surface area (Å²) in [5, 5.41) is 0. The summed E-state index contributed by atoms with van der Waals surface area (Å²) < 4.78 is 73.6. The van der Waals surface area contributed by atoms with Crippen molar-refractivity contribution in [1.82, 2.24) is 9.97 Å². The van der Waals surface area contributed by atoms with E-state index in [4.69, 9.17) is 4.74 Å². The van der Waals surface area contributed by atoms with E-state index in [-0.39, 0.29) is 16.6 Å². The van der Waals surface area contributed by atoms with Gasteiger partial charge < -0.3 is 9.47 Å². The van der Waals surface area contributed by atoms with Crippen molar-refractivity contribution in [2.75, 3.05) is 4.72 Å². The van der Waals surface area contributed by atoms with Crippen molar-refractivity contribution in [2.45, 2.75) is 25.1 Å². The maximum atomic E-state index is 12.6. The van der Waals surface area contributed by atoms with E-state index in [0.29, 0.717) is 17.1 Å². The summed E-state index contributed by atoms with van der Waals surface area (Å²) in [6.07, 6.45) is -4.87. The van der Waals surface area contributed by atoms with Gasteiger partial charge in [-0.2, -0.15) is 9.97 Å². The highest BCUT2D eigenvalue weighted by molar-refractivity contribution is 7.92. The Morgan fingerprint density at radius 3 is 1.97 bits per heavy atom. The molecule has 3 aromatic rings. The number of nitrogens with zero attached hydrogens (tertiary/aromatic N) is 2. The number of alkyl halides is 3. The van der Waals surface area contributed by atoms with Crippen molar-refractivity contribution in [3.8, 4) is 17.5 Å². The van der Waals surface area contributed by atoms with Crippen LogP contribution >= 0.6 is 0 Å². The van der Waals surface area contributed by atoms with Crippen molar-refractivity contribution < 1.29 is 31.1 Å². The fraction of sp³-hybridized carbons (Fsp3) is 0.158. The number of para-hydroxylation sites is 1. The minimum Gasteiger partial charge on any atom is -0.424 e. The van der Waals surface area contributed by atoms with Gasteiger partial charge in [0, 0.05) is 0 Å². The SMILES string of the molecule is Cc1nc(Oc2ccccc2)nc(C)c1NS(=O)(=O)c1ccc(OC(F)(F)F)cc1. The zero-order valence-electron chi connectivity index (χ0n) is 15.8. The molecule has 0 atom stereocenters. The van der Waals surface area contributed by atoms with Crippen molar-refractivity contribution in [1.29, 1.82) is 0 Å². The Hall–Kier alpha value is -3.34. The molecule has 158 valence electrons. The smallest absolute Gasteiger partial charge is 0.424 e. The lowest BCUT2D eigenvalue weighted by molar-refractivity contribution is -0.274. The third-order valence-electron chi connectivity index (χ3n) is 3.81. The van der Waals surface area contributed by atoms with Gasteiger partial charge in [0.05, 0.1) is 22.0 Å². The molecule has 0 aliphatic rings. The number of aromatic nitrogens is 2. The van der Waals surface area contributed by atoms with Crippen LogP contribution in [0, 0.1) is 13.8 Å². The minimum absolute atomic E-state index is 0.0489. The second-order valence-electron chi connectivity index (χ2n) is 6.09. The highest BCUT2D eigenvalue weighted by Gasteiger charge is 2.31. The number of halogens is 3. The van der Waals surface area contributed by atoms with E-state index in [1.165, 1.54) is 0 Å². The van der Waals surface area contributed by atoms with E-state index in [9.17, 15) is 21.6 Å². The quantitative estimate of drug-likeness (QED) is 0.604. The molecule has 0 saturated carbocycles. The largest absolute Gasteiger partial charge is 0.573 e. The number of benzene rings is 2. The molecule has 0 saturated heterocycles. The van der Waals surface area contributed by atoms with Crippen LogP contribution in [-0.4, -0.2) is 24.7 Å². The maximum Gasteiger partial charge on any atom is 0.573 e. The molecule has 0 aliphatic heterocycles. The topological polar surface area (TPSA) is 90.4 Å². The number of hydrogen-bond acceptors (Lipinski definition) is 6. The number of sulfonamides is 1. The first-order valence-electron chi connectivity index (χ1n) is 8.50. The zero-order valence-corrected chi connectivity index (χ0v) is 16.6. The Bertz CT molecular complexity index is 1110. The van der Waals surface area contributed by atoms with Gasteiger partial charge in [0.1, 0.15) is 11.5 Å². The van der Waals surface area contributed by atoms with Crippen LogP contribution in [0.5, 0.6) is 17.5 Å². The van der Waals surface area contributed by atoms with Crippen LogP contribution in [0.15, 0.2) is 59.5 Å². The summed E-state index contributed by atoms with van der Waals surface area (Å²) in [6.45, 7) is 3.15. The standard InChI is InChI=1S/C19H16F3N3O4S/c1-12-17(13(2)24-18(23-12)28-14-6-4-3-5-7-14)25-30(26,27)16-10-8-15(9-11-16)29-19(20,21)22/h3-11,25H,1-2H3. The minimum atomic E-state index is -4.87. The average molecular weight is 439 g/mol. The molecule has 1 N–H and O–H groups in total. The number of anilines is 1. The number of rotatable bonds is 6. The second kappa shape index (κ2) is 8.19. The maximum absolute atomic E-state index is 12.6. The summed E-state index contributed by atoms with van der Waals surface area (Å²) in [7, 11) is -4.10. The Labute approximate surface area is 170 Å².